The van der Waals surface area contributed by atoms with Crippen LogP contribution in [0.5, 0.6) is 0 Å². The van der Waals surface area contributed by atoms with Gasteiger partial charge in [0.1, 0.15) is 0 Å². The number of aliphatic carboxylic acids is 1. The summed E-state index contributed by atoms with van der Waals surface area (Å²) in [5.74, 6) is -1.18. The van der Waals surface area contributed by atoms with Gasteiger partial charge in [0.25, 0.3) is 0 Å². The van der Waals surface area contributed by atoms with Crippen molar-refractivity contribution in [1.82, 2.24) is 10.2 Å². The molecule has 108 valence electrons. The molecule has 2 unspecified atom stereocenters. The Morgan fingerprint density at radius 3 is 2.20 bits per heavy atom. The van der Waals surface area contributed by atoms with Crippen LogP contribution in [0, 0.1) is 0 Å². The Kier molecular flexibility index (Phi) is 4.21. The second-order valence-corrected chi connectivity index (χ2v) is 4.67. The van der Waals surface area contributed by atoms with Gasteiger partial charge in [0.05, 0.1) is 25.3 Å². The molecule has 1 aromatic carbocycles. The number of hydrogen-bond donors (Lipinski definition) is 4. The molecular weight excluding hydrogens is 264 g/mol. The molecule has 0 bridgehead atoms. The van der Waals surface area contributed by atoms with Gasteiger partial charge in [0, 0.05) is 0 Å². The summed E-state index contributed by atoms with van der Waals surface area (Å²) in [6, 6.07) is 6.52. The molecule has 7 nitrogen and oxygen atoms in total. The van der Waals surface area contributed by atoms with E-state index in [0.29, 0.717) is 5.56 Å². The van der Waals surface area contributed by atoms with E-state index in [-0.39, 0.29) is 13.1 Å². The number of carbonyl (C=O) groups is 2. The highest BCUT2D eigenvalue weighted by Gasteiger charge is 2.34. The zero-order valence-electron chi connectivity index (χ0n) is 10.6. The first kappa shape index (κ1) is 14.3. The number of amides is 2. The lowest BCUT2D eigenvalue weighted by atomic mass is 10.1. The third-order valence-electron chi connectivity index (χ3n) is 3.19. The van der Waals surface area contributed by atoms with E-state index in [1.165, 1.54) is 4.90 Å². The van der Waals surface area contributed by atoms with Crippen molar-refractivity contribution in [3.63, 3.8) is 0 Å². The second-order valence-electron chi connectivity index (χ2n) is 4.67. The number of hydrogen-bond acceptors (Lipinski definition) is 4. The van der Waals surface area contributed by atoms with Crippen molar-refractivity contribution >= 4 is 12.0 Å². The Bertz CT molecular complexity index is 483. The number of aliphatic hydroxyl groups is 2. The van der Waals surface area contributed by atoms with Crippen molar-refractivity contribution in [2.75, 3.05) is 13.1 Å². The fourth-order valence-electron chi connectivity index (χ4n) is 2.08. The first-order chi connectivity index (χ1) is 9.49. The molecule has 1 heterocycles. The number of carbonyl (C=O) groups excluding carboxylic acids is 1. The van der Waals surface area contributed by atoms with Gasteiger partial charge in [-0.05, 0) is 5.56 Å². The summed E-state index contributed by atoms with van der Waals surface area (Å²) in [6.07, 6.45) is -2.00. The Morgan fingerprint density at radius 2 is 1.70 bits per heavy atom. The van der Waals surface area contributed by atoms with E-state index in [4.69, 9.17) is 0 Å². The van der Waals surface area contributed by atoms with Crippen LogP contribution in [0.3, 0.4) is 0 Å². The van der Waals surface area contributed by atoms with Crippen molar-refractivity contribution in [2.45, 2.75) is 18.2 Å². The summed E-state index contributed by atoms with van der Waals surface area (Å²) >= 11 is 0. The molecular formula is C13H16N2O5. The lowest BCUT2D eigenvalue weighted by Gasteiger charge is -2.20. The van der Waals surface area contributed by atoms with E-state index in [1.54, 1.807) is 30.3 Å². The average molecular weight is 280 g/mol. The highest BCUT2D eigenvalue weighted by molar-refractivity contribution is 5.83. The van der Waals surface area contributed by atoms with Gasteiger partial charge >= 0.3 is 12.0 Å². The molecule has 1 aliphatic rings. The van der Waals surface area contributed by atoms with Crippen molar-refractivity contribution in [3.8, 4) is 0 Å². The topological polar surface area (TPSA) is 110 Å². The number of likely N-dealkylation sites (tertiary alicyclic amines) is 1. The number of nitrogens with one attached hydrogen (secondary N) is 1. The zero-order valence-corrected chi connectivity index (χ0v) is 10.6. The van der Waals surface area contributed by atoms with Crippen LogP contribution in [0.4, 0.5) is 4.79 Å². The van der Waals surface area contributed by atoms with Crippen LogP contribution in [0.25, 0.3) is 0 Å². The summed E-state index contributed by atoms with van der Waals surface area (Å²) in [5.41, 5.74) is 0.452. The van der Waals surface area contributed by atoms with Crippen LogP contribution in [-0.4, -0.2) is 57.5 Å². The fourth-order valence-corrected chi connectivity index (χ4v) is 2.08. The minimum atomic E-state index is -1.18. The molecule has 0 aliphatic carbocycles. The number of nitrogens with zero attached hydrogens (tertiary/aromatic N) is 1. The second kappa shape index (κ2) is 5.89. The number of urea groups is 1. The number of β-amino-alcohol motifs (C(OH)–C–C–N with tert-alkyl or cyclic N) is 2. The molecule has 4 N–H and O–H groups in total. The summed E-state index contributed by atoms with van der Waals surface area (Å²) in [5, 5.41) is 30.4. The Balaban J connectivity index is 2.06. The van der Waals surface area contributed by atoms with Gasteiger partial charge in [-0.3, -0.25) is 0 Å². The molecule has 0 saturated carbocycles. The van der Waals surface area contributed by atoms with Gasteiger partial charge < -0.3 is 25.5 Å². The molecule has 0 spiro atoms. The van der Waals surface area contributed by atoms with E-state index < -0.39 is 30.3 Å². The number of aliphatic hydroxyl groups excluding tert-OH is 2. The summed E-state index contributed by atoms with van der Waals surface area (Å²) in [4.78, 5) is 24.4. The molecule has 1 aromatic rings. The fraction of sp³-hybridized carbons (Fsp3) is 0.385. The van der Waals surface area contributed by atoms with Crippen molar-refractivity contribution < 1.29 is 24.9 Å². The zero-order chi connectivity index (χ0) is 14.7. The number of rotatable bonds is 3. The molecule has 2 rings (SSSR count). The molecule has 7 heteroatoms. The SMILES string of the molecule is O=C(O)[C@@H](NC(=O)N1CC(O)C(O)C1)c1ccccc1. The molecule has 3 atom stereocenters. The predicted octanol–water partition coefficient (Wildman–Crippen LogP) is -0.441. The lowest BCUT2D eigenvalue weighted by molar-refractivity contribution is -0.139. The average Bonchev–Trinajstić information content (AvgIpc) is 2.76. The monoisotopic (exact) mass is 280 g/mol. The predicted molar refractivity (Wildman–Crippen MR) is 68.9 cm³/mol. The summed E-state index contributed by atoms with van der Waals surface area (Å²) in [6.45, 7) is -0.0394. The van der Waals surface area contributed by atoms with Crippen LogP contribution >= 0.6 is 0 Å². The Labute approximate surface area is 115 Å². The van der Waals surface area contributed by atoms with Crippen LogP contribution in [0.1, 0.15) is 11.6 Å². The third kappa shape index (κ3) is 3.06. The van der Waals surface area contributed by atoms with Crippen LogP contribution < -0.4 is 5.32 Å². The highest BCUT2D eigenvalue weighted by Crippen LogP contribution is 2.15. The summed E-state index contributed by atoms with van der Waals surface area (Å²) < 4.78 is 0. The normalized spacial score (nSPS) is 23.4. The molecule has 1 saturated heterocycles. The Hall–Kier alpha value is -2.12. The molecule has 0 aromatic heterocycles. The maximum atomic E-state index is 12.0. The van der Waals surface area contributed by atoms with Gasteiger partial charge in [-0.25, -0.2) is 9.59 Å². The van der Waals surface area contributed by atoms with E-state index in [9.17, 15) is 24.9 Å². The van der Waals surface area contributed by atoms with Crippen LogP contribution in [-0.2, 0) is 4.79 Å². The number of carboxylic acids is 1. The van der Waals surface area contributed by atoms with E-state index in [2.05, 4.69) is 5.32 Å². The van der Waals surface area contributed by atoms with E-state index >= 15 is 0 Å². The standard InChI is InChI=1S/C13H16N2O5/c16-9-6-15(7-10(9)17)13(20)14-11(12(18)19)8-4-2-1-3-5-8/h1-5,9-11,16-17H,6-7H2,(H,14,20)(H,18,19)/t9?,10?,11-/m0/s1. The van der Waals surface area contributed by atoms with Crippen LogP contribution in [0.2, 0.25) is 0 Å². The van der Waals surface area contributed by atoms with Gasteiger partial charge in [0.15, 0.2) is 6.04 Å². The molecule has 1 fully saturated rings. The molecule has 0 radical (unpaired) electrons. The first-order valence-electron chi connectivity index (χ1n) is 6.18. The minimum Gasteiger partial charge on any atom is -0.479 e. The first-order valence-corrected chi connectivity index (χ1v) is 6.18. The minimum absolute atomic E-state index is 0.0197. The van der Waals surface area contributed by atoms with Gasteiger partial charge in [-0.15, -0.1) is 0 Å². The largest absolute Gasteiger partial charge is 0.479 e. The third-order valence-corrected chi connectivity index (χ3v) is 3.19. The lowest BCUT2D eigenvalue weighted by Crippen LogP contribution is -2.43. The smallest absolute Gasteiger partial charge is 0.330 e. The van der Waals surface area contributed by atoms with Crippen LogP contribution in [0.15, 0.2) is 30.3 Å². The molecule has 2 amide bonds. The van der Waals surface area contributed by atoms with Gasteiger partial charge in [-0.2, -0.15) is 0 Å². The van der Waals surface area contributed by atoms with E-state index in [0.717, 1.165) is 0 Å². The quantitative estimate of drug-likeness (QED) is 0.600. The van der Waals surface area contributed by atoms with Crippen molar-refractivity contribution in [2.24, 2.45) is 0 Å². The maximum Gasteiger partial charge on any atom is 0.330 e. The van der Waals surface area contributed by atoms with Gasteiger partial charge in [0.2, 0.25) is 0 Å². The number of carboxylic acid groups (broad SMARTS) is 1. The van der Waals surface area contributed by atoms with Gasteiger partial charge in [-0.1, -0.05) is 30.3 Å². The maximum absolute atomic E-state index is 12.0. The van der Waals surface area contributed by atoms with E-state index in [1.807, 2.05) is 0 Å². The summed E-state index contributed by atoms with van der Waals surface area (Å²) in [7, 11) is 0. The molecule has 1 aliphatic heterocycles. The number of benzene rings is 1. The highest BCUT2D eigenvalue weighted by atomic mass is 16.4. The molecule has 20 heavy (non-hydrogen) atoms. The van der Waals surface area contributed by atoms with Crippen molar-refractivity contribution in [1.29, 1.82) is 0 Å². The Morgan fingerprint density at radius 1 is 1.15 bits per heavy atom. The van der Waals surface area contributed by atoms with Crippen molar-refractivity contribution in [3.05, 3.63) is 35.9 Å².